The number of anilines is 1. The van der Waals surface area contributed by atoms with Gasteiger partial charge in [-0.05, 0) is 36.3 Å². The summed E-state index contributed by atoms with van der Waals surface area (Å²) >= 11 is 5.83. The SMILES string of the molecule is N#Cc1ccccc1C#CC1(C(F)(F)F)OC(=O)Nc2ccc(Cl)cc21. The minimum atomic E-state index is -5.04. The predicted octanol–water partition coefficient (Wildman–Crippen LogP) is 4.58. The fourth-order valence-corrected chi connectivity index (χ4v) is 2.64. The van der Waals surface area contributed by atoms with Gasteiger partial charge in [0.25, 0.3) is 5.60 Å². The van der Waals surface area contributed by atoms with Crippen molar-refractivity contribution in [3.05, 3.63) is 64.2 Å². The van der Waals surface area contributed by atoms with E-state index in [2.05, 4.69) is 16.0 Å². The van der Waals surface area contributed by atoms with Crippen molar-refractivity contribution in [1.29, 1.82) is 5.26 Å². The molecule has 0 bridgehead atoms. The van der Waals surface area contributed by atoms with Crippen LogP contribution in [-0.4, -0.2) is 12.3 Å². The molecule has 26 heavy (non-hydrogen) atoms. The maximum atomic E-state index is 13.9. The number of nitrogens with one attached hydrogen (secondary N) is 1. The number of rotatable bonds is 0. The summed E-state index contributed by atoms with van der Waals surface area (Å²) in [7, 11) is 0. The van der Waals surface area contributed by atoms with Crippen LogP contribution < -0.4 is 5.32 Å². The Morgan fingerprint density at radius 1 is 1.15 bits per heavy atom. The summed E-state index contributed by atoms with van der Waals surface area (Å²) in [6, 6.07) is 11.4. The van der Waals surface area contributed by atoms with Crippen LogP contribution in [0.3, 0.4) is 0 Å². The second-order valence-electron chi connectivity index (χ2n) is 5.29. The molecule has 0 radical (unpaired) electrons. The fraction of sp³-hybridized carbons (Fsp3) is 0.111. The van der Waals surface area contributed by atoms with Crippen LogP contribution >= 0.6 is 11.6 Å². The molecule has 1 heterocycles. The van der Waals surface area contributed by atoms with Crippen molar-refractivity contribution in [3.63, 3.8) is 0 Å². The Morgan fingerprint density at radius 3 is 2.50 bits per heavy atom. The van der Waals surface area contributed by atoms with Crippen LogP contribution in [0.2, 0.25) is 5.02 Å². The van der Waals surface area contributed by atoms with Gasteiger partial charge in [0.15, 0.2) is 0 Å². The van der Waals surface area contributed by atoms with E-state index in [9.17, 15) is 18.0 Å². The van der Waals surface area contributed by atoms with E-state index in [-0.39, 0.29) is 21.8 Å². The van der Waals surface area contributed by atoms with Gasteiger partial charge in [0.2, 0.25) is 0 Å². The van der Waals surface area contributed by atoms with Crippen LogP contribution in [0.4, 0.5) is 23.7 Å². The molecule has 4 nitrogen and oxygen atoms in total. The lowest BCUT2D eigenvalue weighted by atomic mass is 9.90. The molecule has 1 aliphatic rings. The molecule has 1 unspecified atom stereocenters. The number of alkyl halides is 3. The van der Waals surface area contributed by atoms with Gasteiger partial charge in [-0.15, -0.1) is 0 Å². The van der Waals surface area contributed by atoms with E-state index in [4.69, 9.17) is 16.9 Å². The third kappa shape index (κ3) is 2.94. The van der Waals surface area contributed by atoms with Crippen LogP contribution in [-0.2, 0) is 10.3 Å². The van der Waals surface area contributed by atoms with Gasteiger partial charge in [0.1, 0.15) is 6.07 Å². The third-order valence-corrected chi connectivity index (χ3v) is 3.90. The van der Waals surface area contributed by atoms with E-state index in [0.717, 1.165) is 6.07 Å². The summed E-state index contributed by atoms with van der Waals surface area (Å²) in [5.74, 6) is 4.33. The molecular weight excluding hydrogens is 369 g/mol. The second-order valence-corrected chi connectivity index (χ2v) is 5.73. The Labute approximate surface area is 151 Å². The van der Waals surface area contributed by atoms with Gasteiger partial charge in [-0.25, -0.2) is 4.79 Å². The Bertz CT molecular complexity index is 1000. The molecule has 130 valence electrons. The minimum Gasteiger partial charge on any atom is -0.415 e. The van der Waals surface area contributed by atoms with E-state index in [1.165, 1.54) is 30.3 Å². The Balaban J connectivity index is 2.27. The van der Waals surface area contributed by atoms with E-state index in [1.54, 1.807) is 6.07 Å². The molecule has 1 atom stereocenters. The standard InChI is InChI=1S/C18H8ClF3N2O2/c19-13-5-6-15-14(9-13)17(18(20,21)22,26-16(25)24-15)8-7-11-3-1-2-4-12(11)10-23/h1-6,9H,(H,24,25). The molecule has 0 saturated heterocycles. The summed E-state index contributed by atoms with van der Waals surface area (Å²) in [4.78, 5) is 11.7. The number of nitrogens with zero attached hydrogens (tertiary/aromatic N) is 1. The van der Waals surface area contributed by atoms with E-state index >= 15 is 0 Å². The molecule has 2 aromatic carbocycles. The van der Waals surface area contributed by atoms with Crippen LogP contribution in [0.1, 0.15) is 16.7 Å². The maximum absolute atomic E-state index is 13.9. The van der Waals surface area contributed by atoms with Crippen molar-refractivity contribution in [2.45, 2.75) is 11.8 Å². The number of carbonyl (C=O) groups is 1. The monoisotopic (exact) mass is 376 g/mol. The van der Waals surface area contributed by atoms with Gasteiger partial charge in [-0.2, -0.15) is 18.4 Å². The zero-order valence-electron chi connectivity index (χ0n) is 12.8. The average Bonchev–Trinajstić information content (AvgIpc) is 2.59. The number of amides is 1. The van der Waals surface area contributed by atoms with E-state index in [1.807, 2.05) is 12.0 Å². The molecule has 0 fully saturated rings. The van der Waals surface area contributed by atoms with Gasteiger partial charge < -0.3 is 4.74 Å². The number of halogens is 4. The van der Waals surface area contributed by atoms with Gasteiger partial charge in [0.05, 0.1) is 11.3 Å². The molecule has 0 spiro atoms. The van der Waals surface area contributed by atoms with Crippen molar-refractivity contribution in [1.82, 2.24) is 0 Å². The Morgan fingerprint density at radius 2 is 1.85 bits per heavy atom. The van der Waals surface area contributed by atoms with E-state index in [0.29, 0.717) is 0 Å². The molecule has 0 aromatic heterocycles. The molecular formula is C18H8ClF3N2O2. The number of carbonyl (C=O) groups excluding carboxylic acids is 1. The molecule has 1 N–H and O–H groups in total. The summed E-state index contributed by atoms with van der Waals surface area (Å²) in [6.45, 7) is 0. The molecule has 8 heteroatoms. The third-order valence-electron chi connectivity index (χ3n) is 3.66. The summed E-state index contributed by atoms with van der Waals surface area (Å²) in [5.41, 5.74) is -3.57. The van der Waals surface area contributed by atoms with Gasteiger partial charge in [-0.1, -0.05) is 29.7 Å². The maximum Gasteiger partial charge on any atom is 0.445 e. The highest BCUT2D eigenvalue weighted by atomic mass is 35.5. The minimum absolute atomic E-state index is 0.0244. The molecule has 1 amide bonds. The lowest BCUT2D eigenvalue weighted by molar-refractivity contribution is -0.239. The van der Waals surface area contributed by atoms with Crippen LogP contribution in [0.15, 0.2) is 42.5 Å². The molecule has 1 aliphatic heterocycles. The predicted molar refractivity (Wildman–Crippen MR) is 87.3 cm³/mol. The van der Waals surface area contributed by atoms with Crippen LogP contribution in [0.5, 0.6) is 0 Å². The highest BCUT2D eigenvalue weighted by Crippen LogP contribution is 2.47. The summed E-state index contributed by atoms with van der Waals surface area (Å²) in [5, 5.41) is 11.3. The van der Waals surface area contributed by atoms with E-state index < -0.39 is 23.4 Å². The first-order valence-corrected chi connectivity index (χ1v) is 7.54. The Hall–Kier alpha value is -3.16. The van der Waals surface area contributed by atoms with Gasteiger partial charge >= 0.3 is 12.3 Å². The number of nitriles is 1. The average molecular weight is 377 g/mol. The normalized spacial score (nSPS) is 18.5. The zero-order chi connectivity index (χ0) is 18.9. The molecule has 0 saturated carbocycles. The van der Waals surface area contributed by atoms with Crippen molar-refractivity contribution in [2.24, 2.45) is 0 Å². The number of hydrogen-bond acceptors (Lipinski definition) is 3. The Kier molecular flexibility index (Phi) is 4.27. The number of hydrogen-bond donors (Lipinski definition) is 1. The lowest BCUT2D eigenvalue weighted by Crippen LogP contribution is -2.49. The topological polar surface area (TPSA) is 62.1 Å². The van der Waals surface area contributed by atoms with Crippen LogP contribution in [0.25, 0.3) is 0 Å². The molecule has 3 rings (SSSR count). The van der Waals surface area contributed by atoms with Crippen molar-refractivity contribution in [3.8, 4) is 17.9 Å². The highest BCUT2D eigenvalue weighted by molar-refractivity contribution is 6.30. The largest absolute Gasteiger partial charge is 0.445 e. The smallest absolute Gasteiger partial charge is 0.415 e. The quantitative estimate of drug-likeness (QED) is 0.684. The first-order valence-electron chi connectivity index (χ1n) is 7.16. The fourth-order valence-electron chi connectivity index (χ4n) is 2.47. The second kappa shape index (κ2) is 6.29. The summed E-state index contributed by atoms with van der Waals surface area (Å²) < 4.78 is 46.5. The summed E-state index contributed by atoms with van der Waals surface area (Å²) in [6.07, 6.45) is -6.33. The van der Waals surface area contributed by atoms with Crippen LogP contribution in [0, 0.1) is 23.2 Å². The van der Waals surface area contributed by atoms with Crippen molar-refractivity contribution >= 4 is 23.4 Å². The van der Waals surface area contributed by atoms with Crippen molar-refractivity contribution in [2.75, 3.05) is 5.32 Å². The number of benzene rings is 2. The first-order chi connectivity index (χ1) is 12.3. The number of ether oxygens (including phenoxy) is 1. The van der Waals surface area contributed by atoms with Gasteiger partial charge in [0, 0.05) is 16.1 Å². The van der Waals surface area contributed by atoms with Crippen molar-refractivity contribution < 1.29 is 22.7 Å². The number of cyclic esters (lactones) is 1. The van der Waals surface area contributed by atoms with Gasteiger partial charge in [-0.3, -0.25) is 5.32 Å². The number of fused-ring (bicyclic) bond motifs is 1. The molecule has 0 aliphatic carbocycles. The molecule has 2 aromatic rings. The first kappa shape index (κ1) is 17.7. The lowest BCUT2D eigenvalue weighted by Gasteiger charge is -2.35. The zero-order valence-corrected chi connectivity index (χ0v) is 13.6. The highest BCUT2D eigenvalue weighted by Gasteiger charge is 2.62.